The van der Waals surface area contributed by atoms with Gasteiger partial charge in [0.2, 0.25) is 0 Å². The molecule has 2 rings (SSSR count). The highest BCUT2D eigenvalue weighted by atomic mass is 19.4. The van der Waals surface area contributed by atoms with Crippen molar-refractivity contribution in [2.24, 2.45) is 0 Å². The fourth-order valence-corrected chi connectivity index (χ4v) is 1.70. The summed E-state index contributed by atoms with van der Waals surface area (Å²) >= 11 is 0. The zero-order chi connectivity index (χ0) is 16.2. The zero-order valence-electron chi connectivity index (χ0n) is 11.0. The number of halogens is 3. The van der Waals surface area contributed by atoms with E-state index in [-0.39, 0.29) is 11.3 Å². The van der Waals surface area contributed by atoms with Crippen molar-refractivity contribution in [2.45, 2.75) is 6.36 Å². The lowest BCUT2D eigenvalue weighted by molar-refractivity contribution is -0.274. The van der Waals surface area contributed by atoms with Gasteiger partial charge in [-0.25, -0.2) is 4.79 Å². The molecule has 1 N–H and O–H groups in total. The monoisotopic (exact) mass is 309 g/mol. The second kappa shape index (κ2) is 6.30. The van der Waals surface area contributed by atoms with Gasteiger partial charge in [0.1, 0.15) is 5.75 Å². The van der Waals surface area contributed by atoms with Crippen molar-refractivity contribution in [2.75, 3.05) is 0 Å². The van der Waals surface area contributed by atoms with Crippen LogP contribution in [0.1, 0.15) is 21.5 Å². The van der Waals surface area contributed by atoms with Crippen LogP contribution in [0.15, 0.2) is 42.7 Å². The highest BCUT2D eigenvalue weighted by molar-refractivity contribution is 5.93. The molecule has 0 aliphatic carbocycles. The summed E-state index contributed by atoms with van der Waals surface area (Å²) in [5.74, 6) is -1.41. The minimum atomic E-state index is -4.73. The Bertz CT molecular complexity index is 694. The van der Waals surface area contributed by atoms with Crippen LogP contribution < -0.4 is 4.74 Å². The molecule has 0 saturated heterocycles. The number of nitrogens with zero attached hydrogens (tertiary/aromatic N) is 1. The molecule has 4 nitrogen and oxygen atoms in total. The second-order valence-electron chi connectivity index (χ2n) is 4.22. The van der Waals surface area contributed by atoms with Crippen molar-refractivity contribution in [1.82, 2.24) is 4.98 Å². The number of hydrogen-bond donors (Lipinski definition) is 1. The largest absolute Gasteiger partial charge is 0.573 e. The molecule has 0 aliphatic rings. The number of carboxylic acid groups (broad SMARTS) is 1. The van der Waals surface area contributed by atoms with Gasteiger partial charge in [-0.15, -0.1) is 13.2 Å². The van der Waals surface area contributed by atoms with Crippen molar-refractivity contribution >= 4 is 18.1 Å². The maximum Gasteiger partial charge on any atom is 0.573 e. The summed E-state index contributed by atoms with van der Waals surface area (Å²) in [6, 6.07) is 6.56. The summed E-state index contributed by atoms with van der Waals surface area (Å²) < 4.78 is 39.9. The SMILES string of the molecule is O=C(O)c1ccncc1C=Cc1ccc(OC(F)(F)F)cc1. The normalized spacial score (nSPS) is 11.6. The van der Waals surface area contributed by atoms with Crippen LogP contribution in [0.3, 0.4) is 0 Å². The molecule has 0 saturated carbocycles. The van der Waals surface area contributed by atoms with Crippen molar-refractivity contribution in [3.05, 3.63) is 59.4 Å². The van der Waals surface area contributed by atoms with Gasteiger partial charge in [0.05, 0.1) is 5.56 Å². The summed E-state index contributed by atoms with van der Waals surface area (Å²) in [6.45, 7) is 0. The fourth-order valence-electron chi connectivity index (χ4n) is 1.70. The Morgan fingerprint density at radius 2 is 1.82 bits per heavy atom. The van der Waals surface area contributed by atoms with Gasteiger partial charge in [-0.2, -0.15) is 0 Å². The average Bonchev–Trinajstić information content (AvgIpc) is 2.45. The average molecular weight is 309 g/mol. The van der Waals surface area contributed by atoms with Crippen LogP contribution in [0, 0.1) is 0 Å². The van der Waals surface area contributed by atoms with E-state index in [0.29, 0.717) is 11.1 Å². The van der Waals surface area contributed by atoms with E-state index in [1.54, 1.807) is 6.08 Å². The number of carboxylic acids is 1. The standard InChI is InChI=1S/C15H10F3NO3/c16-15(17,18)22-12-5-2-10(3-6-12)1-4-11-9-19-8-7-13(11)14(20)21/h1-9H,(H,20,21). The molecule has 1 aromatic carbocycles. The van der Waals surface area contributed by atoms with Crippen LogP contribution in [0.5, 0.6) is 5.75 Å². The van der Waals surface area contributed by atoms with E-state index < -0.39 is 12.3 Å². The predicted octanol–water partition coefficient (Wildman–Crippen LogP) is 3.85. The van der Waals surface area contributed by atoms with E-state index in [1.165, 1.54) is 48.8 Å². The molecule has 0 atom stereocenters. The van der Waals surface area contributed by atoms with E-state index in [0.717, 1.165) is 0 Å². The Morgan fingerprint density at radius 3 is 2.41 bits per heavy atom. The van der Waals surface area contributed by atoms with Gasteiger partial charge in [-0.05, 0) is 23.8 Å². The number of hydrogen-bond acceptors (Lipinski definition) is 3. The van der Waals surface area contributed by atoms with Gasteiger partial charge in [0, 0.05) is 18.0 Å². The number of carbonyl (C=O) groups is 1. The Balaban J connectivity index is 2.16. The molecule has 0 radical (unpaired) electrons. The first-order chi connectivity index (χ1) is 10.3. The van der Waals surface area contributed by atoms with E-state index >= 15 is 0 Å². The minimum absolute atomic E-state index is 0.0864. The lowest BCUT2D eigenvalue weighted by Crippen LogP contribution is -2.16. The third-order valence-electron chi connectivity index (χ3n) is 2.65. The zero-order valence-corrected chi connectivity index (χ0v) is 11.0. The molecular formula is C15H10F3NO3. The quantitative estimate of drug-likeness (QED) is 0.932. The van der Waals surface area contributed by atoms with E-state index in [9.17, 15) is 18.0 Å². The highest BCUT2D eigenvalue weighted by Crippen LogP contribution is 2.23. The summed E-state index contributed by atoms with van der Waals surface area (Å²) in [5, 5.41) is 9.02. The number of rotatable bonds is 4. The number of aromatic carboxylic acids is 1. The first-order valence-electron chi connectivity index (χ1n) is 6.06. The van der Waals surface area contributed by atoms with E-state index in [2.05, 4.69) is 9.72 Å². The van der Waals surface area contributed by atoms with E-state index in [1.807, 2.05) is 0 Å². The second-order valence-corrected chi connectivity index (χ2v) is 4.22. The maximum atomic E-state index is 12.0. The van der Waals surface area contributed by atoms with Gasteiger partial charge in [0.15, 0.2) is 0 Å². The van der Waals surface area contributed by atoms with Gasteiger partial charge >= 0.3 is 12.3 Å². The van der Waals surface area contributed by atoms with Crippen LogP contribution >= 0.6 is 0 Å². The number of pyridine rings is 1. The summed E-state index contributed by atoms with van der Waals surface area (Å²) in [7, 11) is 0. The van der Waals surface area contributed by atoms with Crippen LogP contribution in [0.2, 0.25) is 0 Å². The van der Waals surface area contributed by atoms with Crippen LogP contribution in [0.4, 0.5) is 13.2 Å². The lowest BCUT2D eigenvalue weighted by Gasteiger charge is -2.08. The fraction of sp³-hybridized carbons (Fsp3) is 0.0667. The molecule has 1 aromatic heterocycles. The third kappa shape index (κ3) is 4.34. The van der Waals surface area contributed by atoms with Crippen LogP contribution in [0.25, 0.3) is 12.2 Å². The first-order valence-corrected chi connectivity index (χ1v) is 6.06. The van der Waals surface area contributed by atoms with Crippen LogP contribution in [-0.4, -0.2) is 22.4 Å². The topological polar surface area (TPSA) is 59.4 Å². The molecule has 0 spiro atoms. The van der Waals surface area contributed by atoms with E-state index in [4.69, 9.17) is 5.11 Å². The Morgan fingerprint density at radius 1 is 1.14 bits per heavy atom. The number of aromatic nitrogens is 1. The molecule has 2 aromatic rings. The maximum absolute atomic E-state index is 12.0. The molecular weight excluding hydrogens is 299 g/mol. The molecule has 0 amide bonds. The molecule has 7 heteroatoms. The third-order valence-corrected chi connectivity index (χ3v) is 2.65. The molecule has 22 heavy (non-hydrogen) atoms. The molecule has 0 bridgehead atoms. The summed E-state index contributed by atoms with van der Waals surface area (Å²) in [6.07, 6.45) is 1.12. The number of ether oxygens (including phenoxy) is 1. The molecule has 114 valence electrons. The van der Waals surface area contributed by atoms with Crippen molar-refractivity contribution in [3.63, 3.8) is 0 Å². The lowest BCUT2D eigenvalue weighted by atomic mass is 10.1. The molecule has 0 fully saturated rings. The van der Waals surface area contributed by atoms with Crippen LogP contribution in [-0.2, 0) is 0 Å². The van der Waals surface area contributed by atoms with Gasteiger partial charge in [-0.1, -0.05) is 24.3 Å². The first kappa shape index (κ1) is 15.6. The highest BCUT2D eigenvalue weighted by Gasteiger charge is 2.30. The van der Waals surface area contributed by atoms with Gasteiger partial charge < -0.3 is 9.84 Å². The smallest absolute Gasteiger partial charge is 0.478 e. The number of alkyl halides is 3. The molecule has 0 aliphatic heterocycles. The van der Waals surface area contributed by atoms with Gasteiger partial charge in [0.25, 0.3) is 0 Å². The van der Waals surface area contributed by atoms with Crippen molar-refractivity contribution < 1.29 is 27.8 Å². The molecule has 1 heterocycles. The summed E-state index contributed by atoms with van der Waals surface area (Å²) in [5.41, 5.74) is 1.07. The Kier molecular flexibility index (Phi) is 4.45. The number of benzene rings is 1. The predicted molar refractivity (Wildman–Crippen MR) is 73.2 cm³/mol. The molecule has 0 unspecified atom stereocenters. The Labute approximate surface area is 123 Å². The van der Waals surface area contributed by atoms with Crippen molar-refractivity contribution in [3.8, 4) is 5.75 Å². The van der Waals surface area contributed by atoms with Crippen molar-refractivity contribution in [1.29, 1.82) is 0 Å². The Hall–Kier alpha value is -2.83. The summed E-state index contributed by atoms with van der Waals surface area (Å²) in [4.78, 5) is 14.9. The van der Waals surface area contributed by atoms with Gasteiger partial charge in [-0.3, -0.25) is 4.98 Å². The minimum Gasteiger partial charge on any atom is -0.478 e.